The van der Waals surface area contributed by atoms with Gasteiger partial charge in [0.25, 0.3) is 0 Å². The van der Waals surface area contributed by atoms with E-state index in [-0.39, 0.29) is 18.4 Å². The summed E-state index contributed by atoms with van der Waals surface area (Å²) in [4.78, 5) is 27.0. The van der Waals surface area contributed by atoms with Gasteiger partial charge in [-0.3, -0.25) is 9.59 Å². The Morgan fingerprint density at radius 2 is 1.73 bits per heavy atom. The van der Waals surface area contributed by atoms with Crippen LogP contribution < -0.4 is 5.32 Å². The number of carbonyl (C=O) groups is 2. The first-order chi connectivity index (χ1) is 14.4. The quantitative estimate of drug-likeness (QED) is 0.543. The summed E-state index contributed by atoms with van der Waals surface area (Å²) in [6, 6.07) is 18.9. The van der Waals surface area contributed by atoms with E-state index < -0.39 is 6.04 Å². The van der Waals surface area contributed by atoms with Crippen molar-refractivity contribution in [1.82, 2.24) is 10.2 Å². The summed E-state index contributed by atoms with van der Waals surface area (Å²) in [5, 5.41) is 5.79. The van der Waals surface area contributed by atoms with Gasteiger partial charge in [-0.25, -0.2) is 0 Å². The number of hydrogen-bond acceptors (Lipinski definition) is 2. The Labute approximate surface area is 186 Å². The minimum absolute atomic E-state index is 0.0925. The van der Waals surface area contributed by atoms with E-state index >= 15 is 0 Å². The lowest BCUT2D eigenvalue weighted by Gasteiger charge is -2.28. The predicted octanol–water partition coefficient (Wildman–Crippen LogP) is 5.24. The van der Waals surface area contributed by atoms with Gasteiger partial charge in [0, 0.05) is 20.0 Å². The third-order valence-electron chi connectivity index (χ3n) is 5.24. The van der Waals surface area contributed by atoms with Crippen molar-refractivity contribution in [3.63, 3.8) is 0 Å². The van der Waals surface area contributed by atoms with Gasteiger partial charge in [-0.15, -0.1) is 0 Å². The molecule has 1 atom stereocenters. The number of likely N-dealkylation sites (N-methyl/N-ethyl adjacent to an activating group) is 1. The number of fused-ring (bicyclic) bond motifs is 1. The van der Waals surface area contributed by atoms with Crippen LogP contribution in [0.3, 0.4) is 0 Å². The van der Waals surface area contributed by atoms with Gasteiger partial charge in [-0.1, -0.05) is 71.7 Å². The van der Waals surface area contributed by atoms with E-state index in [1.807, 2.05) is 30.3 Å². The number of benzene rings is 3. The number of amides is 2. The number of carbonyl (C=O) groups excluding carboxylic acids is 2. The van der Waals surface area contributed by atoms with Crippen molar-refractivity contribution < 1.29 is 9.59 Å². The number of rotatable bonds is 7. The SMILES string of the molecule is CNC(=O)[C@@H](C)N(Cc1ccc(Cl)c(Cl)c1)C(=O)CCc1cccc2ccccc12. The van der Waals surface area contributed by atoms with Crippen molar-refractivity contribution in [2.75, 3.05) is 7.05 Å². The average Bonchev–Trinajstić information content (AvgIpc) is 2.77. The van der Waals surface area contributed by atoms with Gasteiger partial charge in [-0.2, -0.15) is 0 Å². The molecule has 4 nitrogen and oxygen atoms in total. The Morgan fingerprint density at radius 3 is 2.47 bits per heavy atom. The van der Waals surface area contributed by atoms with E-state index in [0.717, 1.165) is 21.9 Å². The fourth-order valence-electron chi connectivity index (χ4n) is 3.52. The molecular formula is C24H24Cl2N2O2. The maximum Gasteiger partial charge on any atom is 0.242 e. The monoisotopic (exact) mass is 442 g/mol. The van der Waals surface area contributed by atoms with E-state index in [4.69, 9.17) is 23.2 Å². The van der Waals surface area contributed by atoms with Crippen LogP contribution in [-0.2, 0) is 22.6 Å². The van der Waals surface area contributed by atoms with Crippen LogP contribution >= 0.6 is 23.2 Å². The van der Waals surface area contributed by atoms with Crippen LogP contribution in [0.25, 0.3) is 10.8 Å². The molecule has 3 rings (SSSR count). The number of aryl methyl sites for hydroxylation is 1. The maximum atomic E-state index is 13.2. The lowest BCUT2D eigenvalue weighted by atomic mass is 10.0. The molecule has 0 aliphatic rings. The zero-order valence-corrected chi connectivity index (χ0v) is 18.5. The van der Waals surface area contributed by atoms with Crippen LogP contribution in [0, 0.1) is 0 Å². The molecule has 0 heterocycles. The Kier molecular flexibility index (Phi) is 7.35. The third-order valence-corrected chi connectivity index (χ3v) is 5.98. The van der Waals surface area contributed by atoms with Gasteiger partial charge in [0.15, 0.2) is 0 Å². The second-order valence-corrected chi connectivity index (χ2v) is 8.01. The summed E-state index contributed by atoms with van der Waals surface area (Å²) < 4.78 is 0. The molecule has 1 N–H and O–H groups in total. The molecule has 0 saturated carbocycles. The van der Waals surface area contributed by atoms with Crippen LogP contribution in [0.4, 0.5) is 0 Å². The van der Waals surface area contributed by atoms with Gasteiger partial charge < -0.3 is 10.2 Å². The number of nitrogens with one attached hydrogen (secondary N) is 1. The second-order valence-electron chi connectivity index (χ2n) is 7.20. The van der Waals surface area contributed by atoms with Gasteiger partial charge in [0.2, 0.25) is 11.8 Å². The van der Waals surface area contributed by atoms with Crippen molar-refractivity contribution in [2.24, 2.45) is 0 Å². The molecule has 2 amide bonds. The highest BCUT2D eigenvalue weighted by Gasteiger charge is 2.25. The number of halogens is 2. The topological polar surface area (TPSA) is 49.4 Å². The minimum Gasteiger partial charge on any atom is -0.357 e. The highest BCUT2D eigenvalue weighted by Crippen LogP contribution is 2.24. The van der Waals surface area contributed by atoms with Crippen molar-refractivity contribution in [3.8, 4) is 0 Å². The van der Waals surface area contributed by atoms with Gasteiger partial charge >= 0.3 is 0 Å². The van der Waals surface area contributed by atoms with E-state index in [9.17, 15) is 9.59 Å². The molecule has 0 radical (unpaired) electrons. The normalized spacial score (nSPS) is 11.9. The Bertz CT molecular complexity index is 1060. The van der Waals surface area contributed by atoms with E-state index in [1.54, 1.807) is 31.0 Å². The van der Waals surface area contributed by atoms with Crippen molar-refractivity contribution in [1.29, 1.82) is 0 Å². The lowest BCUT2D eigenvalue weighted by Crippen LogP contribution is -2.46. The van der Waals surface area contributed by atoms with Crippen molar-refractivity contribution >= 4 is 45.8 Å². The molecule has 0 aliphatic heterocycles. The van der Waals surface area contributed by atoms with Crippen LogP contribution in [0.2, 0.25) is 10.0 Å². The summed E-state index contributed by atoms with van der Waals surface area (Å²) in [5.74, 6) is -0.307. The smallest absolute Gasteiger partial charge is 0.242 e. The molecule has 3 aromatic carbocycles. The molecular weight excluding hydrogens is 419 g/mol. The largest absolute Gasteiger partial charge is 0.357 e. The number of nitrogens with zero attached hydrogens (tertiary/aromatic N) is 1. The summed E-state index contributed by atoms with van der Waals surface area (Å²) in [5.41, 5.74) is 1.93. The van der Waals surface area contributed by atoms with Crippen molar-refractivity contribution in [2.45, 2.75) is 32.4 Å². The van der Waals surface area contributed by atoms with Gasteiger partial charge in [0.1, 0.15) is 6.04 Å². The first kappa shape index (κ1) is 22.1. The van der Waals surface area contributed by atoms with E-state index in [1.165, 1.54) is 0 Å². The van der Waals surface area contributed by atoms with Gasteiger partial charge in [0.05, 0.1) is 10.0 Å². The molecule has 0 bridgehead atoms. The molecule has 0 saturated heterocycles. The zero-order chi connectivity index (χ0) is 21.7. The number of hydrogen-bond donors (Lipinski definition) is 1. The fourth-order valence-corrected chi connectivity index (χ4v) is 3.84. The van der Waals surface area contributed by atoms with Crippen LogP contribution in [0.1, 0.15) is 24.5 Å². The van der Waals surface area contributed by atoms with E-state index in [0.29, 0.717) is 22.9 Å². The molecule has 6 heteroatoms. The maximum absolute atomic E-state index is 13.2. The first-order valence-corrected chi connectivity index (χ1v) is 10.6. The summed E-state index contributed by atoms with van der Waals surface area (Å²) >= 11 is 12.1. The minimum atomic E-state index is -0.607. The van der Waals surface area contributed by atoms with Crippen LogP contribution in [0.15, 0.2) is 60.7 Å². The predicted molar refractivity (Wildman–Crippen MR) is 123 cm³/mol. The molecule has 0 aromatic heterocycles. The lowest BCUT2D eigenvalue weighted by molar-refractivity contribution is -0.140. The van der Waals surface area contributed by atoms with Crippen LogP contribution in [0.5, 0.6) is 0 Å². The Morgan fingerprint density at radius 1 is 1.00 bits per heavy atom. The molecule has 0 spiro atoms. The molecule has 0 fully saturated rings. The standard InChI is InChI=1S/C24H24Cl2N2O2/c1-16(24(30)27-2)28(15-17-10-12-21(25)22(26)14-17)23(29)13-11-19-8-5-7-18-6-3-4-9-20(18)19/h3-10,12,14,16H,11,13,15H2,1-2H3,(H,27,30)/t16-/m1/s1. The molecule has 3 aromatic rings. The highest BCUT2D eigenvalue weighted by atomic mass is 35.5. The highest BCUT2D eigenvalue weighted by molar-refractivity contribution is 6.42. The zero-order valence-electron chi connectivity index (χ0n) is 17.0. The summed E-state index contributed by atoms with van der Waals surface area (Å²) in [6.45, 7) is 2.01. The molecule has 0 aliphatic carbocycles. The average molecular weight is 443 g/mol. The molecule has 156 valence electrons. The van der Waals surface area contributed by atoms with E-state index in [2.05, 4.69) is 23.5 Å². The van der Waals surface area contributed by atoms with Gasteiger partial charge in [-0.05, 0) is 47.4 Å². The third kappa shape index (κ3) is 5.13. The summed E-state index contributed by atoms with van der Waals surface area (Å²) in [7, 11) is 1.57. The molecule has 30 heavy (non-hydrogen) atoms. The summed E-state index contributed by atoms with van der Waals surface area (Å²) in [6.07, 6.45) is 0.898. The Hall–Kier alpha value is -2.56. The molecule has 0 unspecified atom stereocenters. The van der Waals surface area contributed by atoms with Crippen molar-refractivity contribution in [3.05, 3.63) is 81.8 Å². The second kappa shape index (κ2) is 9.96. The Balaban J connectivity index is 1.80. The first-order valence-electron chi connectivity index (χ1n) is 9.82. The fraction of sp³-hybridized carbons (Fsp3) is 0.250. The van der Waals surface area contributed by atoms with Crippen LogP contribution in [-0.4, -0.2) is 29.8 Å².